The summed E-state index contributed by atoms with van der Waals surface area (Å²) in [6, 6.07) is 8.35. The summed E-state index contributed by atoms with van der Waals surface area (Å²) in [5.74, 6) is -2.15. The maximum Gasteiger partial charge on any atom is 0.411 e. The number of ether oxygens (including phenoxy) is 3. The molecule has 1 fully saturated rings. The highest BCUT2D eigenvalue weighted by Gasteiger charge is 2.49. The molecular formula is C34H36ClF2N3O8. The van der Waals surface area contributed by atoms with E-state index in [4.69, 9.17) is 30.3 Å². The Bertz CT molecular complexity index is 1760. The van der Waals surface area contributed by atoms with Crippen molar-refractivity contribution >= 4 is 35.3 Å². The Labute approximate surface area is 281 Å². The average Bonchev–Trinajstić information content (AvgIpc) is 3.44. The Morgan fingerprint density at radius 2 is 1.58 bits per heavy atom. The first-order valence-corrected chi connectivity index (χ1v) is 15.6. The van der Waals surface area contributed by atoms with Crippen molar-refractivity contribution in [3.8, 4) is 17.0 Å². The molecule has 3 heterocycles. The molecule has 14 heteroatoms. The Hall–Kier alpha value is -4.65. The highest BCUT2D eigenvalue weighted by Crippen LogP contribution is 2.40. The van der Waals surface area contributed by atoms with E-state index in [-0.39, 0.29) is 48.7 Å². The number of carbonyl (C=O) groups excluding carboxylic acids is 2. The summed E-state index contributed by atoms with van der Waals surface area (Å²) in [5.41, 5.74) is -0.726. The van der Waals surface area contributed by atoms with E-state index in [1.165, 1.54) is 15.9 Å². The van der Waals surface area contributed by atoms with Crippen molar-refractivity contribution in [3.05, 3.63) is 76.0 Å². The SMILES string of the molecule is CC(C)(C)OC(=O)N1CC2CC(c3ccc(OCc4cc(-c5c(F)ccc(F)c5Cl)no4)cc3)=C(C(=O)O)C(C1)N2C(=O)OC(C)(C)C. The van der Waals surface area contributed by atoms with Gasteiger partial charge in [0.2, 0.25) is 0 Å². The van der Waals surface area contributed by atoms with Crippen LogP contribution in [0.2, 0.25) is 5.02 Å². The molecule has 3 aromatic rings. The molecule has 1 N–H and O–H groups in total. The van der Waals surface area contributed by atoms with Gasteiger partial charge in [-0.15, -0.1) is 0 Å². The summed E-state index contributed by atoms with van der Waals surface area (Å²) in [5, 5.41) is 13.8. The van der Waals surface area contributed by atoms with Gasteiger partial charge in [0, 0.05) is 19.2 Å². The average molecular weight is 688 g/mol. The van der Waals surface area contributed by atoms with Gasteiger partial charge in [-0.25, -0.2) is 23.2 Å². The van der Waals surface area contributed by atoms with Crippen molar-refractivity contribution in [2.75, 3.05) is 13.1 Å². The minimum absolute atomic E-state index is 0.00703. The molecule has 2 bridgehead atoms. The molecule has 2 aliphatic heterocycles. The van der Waals surface area contributed by atoms with Gasteiger partial charge in [0.15, 0.2) is 5.76 Å². The Balaban J connectivity index is 1.38. The van der Waals surface area contributed by atoms with Crippen LogP contribution < -0.4 is 4.74 Å². The second kappa shape index (κ2) is 13.1. The Morgan fingerprint density at radius 1 is 0.958 bits per heavy atom. The van der Waals surface area contributed by atoms with Crippen molar-refractivity contribution in [2.45, 2.75) is 77.9 Å². The standard InChI is InChI=1S/C34H36ClF2N3O8/c1-33(2,3)46-31(43)39-15-19-13-22(27(30(41)42)26(16-39)40(19)32(44)47-34(4,5)6)18-7-9-20(10-8-18)45-17-21-14-25(38-48-21)28-23(36)11-12-24(37)29(28)35/h7-12,14,19,26H,13,15-17H2,1-6H3,(H,41,42). The van der Waals surface area contributed by atoms with E-state index in [2.05, 4.69) is 5.16 Å². The van der Waals surface area contributed by atoms with Crippen molar-refractivity contribution in [2.24, 2.45) is 0 Å². The number of hydrogen-bond acceptors (Lipinski definition) is 8. The number of carboxylic acid groups (broad SMARTS) is 1. The lowest BCUT2D eigenvalue weighted by molar-refractivity contribution is -0.134. The van der Waals surface area contributed by atoms with Crippen LogP contribution in [0.4, 0.5) is 18.4 Å². The molecule has 2 atom stereocenters. The van der Waals surface area contributed by atoms with E-state index in [1.54, 1.807) is 65.8 Å². The number of rotatable bonds is 6. The van der Waals surface area contributed by atoms with E-state index in [0.29, 0.717) is 16.9 Å². The third-order valence-electron chi connectivity index (χ3n) is 7.58. The lowest BCUT2D eigenvalue weighted by Gasteiger charge is -2.50. The molecule has 48 heavy (non-hydrogen) atoms. The maximum absolute atomic E-state index is 14.3. The lowest BCUT2D eigenvalue weighted by Crippen LogP contribution is -2.65. The first-order valence-electron chi connectivity index (χ1n) is 15.2. The number of fused-ring (bicyclic) bond motifs is 2. The number of piperazine rings is 1. The second-order valence-electron chi connectivity index (χ2n) is 13.6. The first-order chi connectivity index (χ1) is 22.4. The first kappa shape index (κ1) is 34.7. The fourth-order valence-corrected chi connectivity index (χ4v) is 5.94. The number of hydrogen-bond donors (Lipinski definition) is 1. The summed E-state index contributed by atoms with van der Waals surface area (Å²) >= 11 is 5.93. The van der Waals surface area contributed by atoms with E-state index in [0.717, 1.165) is 12.1 Å². The van der Waals surface area contributed by atoms with Gasteiger partial charge in [0.05, 0.1) is 28.2 Å². The van der Waals surface area contributed by atoms with Crippen LogP contribution in [-0.2, 0) is 20.9 Å². The molecule has 256 valence electrons. The largest absolute Gasteiger partial charge is 0.486 e. The molecular weight excluding hydrogens is 652 g/mol. The number of aromatic nitrogens is 1. The van der Waals surface area contributed by atoms with E-state index in [1.807, 2.05) is 0 Å². The third kappa shape index (κ3) is 7.56. The van der Waals surface area contributed by atoms with Crippen LogP contribution >= 0.6 is 11.6 Å². The molecule has 1 saturated heterocycles. The second-order valence-corrected chi connectivity index (χ2v) is 13.9. The zero-order valence-electron chi connectivity index (χ0n) is 27.3. The zero-order valence-corrected chi connectivity index (χ0v) is 28.1. The lowest BCUT2D eigenvalue weighted by atomic mass is 9.82. The number of halogens is 3. The number of carboxylic acids is 1. The smallest absolute Gasteiger partial charge is 0.411 e. The molecule has 2 aromatic carbocycles. The summed E-state index contributed by atoms with van der Waals surface area (Å²) in [6.07, 6.45) is -1.13. The van der Waals surface area contributed by atoms with Gasteiger partial charge < -0.3 is 28.7 Å². The number of amides is 2. The molecule has 0 saturated carbocycles. The molecule has 1 aromatic heterocycles. The Morgan fingerprint density at radius 3 is 2.21 bits per heavy atom. The van der Waals surface area contributed by atoms with E-state index in [9.17, 15) is 28.3 Å². The monoisotopic (exact) mass is 687 g/mol. The van der Waals surface area contributed by atoms with Crippen LogP contribution in [0.1, 0.15) is 59.3 Å². The normalized spacial score (nSPS) is 18.1. The van der Waals surface area contributed by atoms with Crippen molar-refractivity contribution in [1.29, 1.82) is 0 Å². The van der Waals surface area contributed by atoms with Gasteiger partial charge in [-0.1, -0.05) is 28.9 Å². The summed E-state index contributed by atoms with van der Waals surface area (Å²) in [7, 11) is 0. The van der Waals surface area contributed by atoms with Crippen molar-refractivity contribution < 1.29 is 47.0 Å². The van der Waals surface area contributed by atoms with Crippen LogP contribution in [0.5, 0.6) is 5.75 Å². The van der Waals surface area contributed by atoms with Gasteiger partial charge in [-0.05, 0) is 83.4 Å². The highest BCUT2D eigenvalue weighted by molar-refractivity contribution is 6.33. The molecule has 0 radical (unpaired) electrons. The van der Waals surface area contributed by atoms with Crippen LogP contribution in [0.25, 0.3) is 16.8 Å². The van der Waals surface area contributed by atoms with Gasteiger partial charge in [0.25, 0.3) is 0 Å². The summed E-state index contributed by atoms with van der Waals surface area (Å²) in [6.45, 7) is 10.3. The minimum Gasteiger partial charge on any atom is -0.486 e. The van der Waals surface area contributed by atoms with Crippen LogP contribution in [-0.4, -0.2) is 74.6 Å². The fraction of sp³-hybridized carbons (Fsp3) is 0.412. The summed E-state index contributed by atoms with van der Waals surface area (Å²) < 4.78 is 50.4. The molecule has 2 unspecified atom stereocenters. The molecule has 11 nitrogen and oxygen atoms in total. The number of nitrogens with zero attached hydrogens (tertiary/aromatic N) is 3. The fourth-order valence-electron chi connectivity index (χ4n) is 5.69. The van der Waals surface area contributed by atoms with Gasteiger partial charge in [0.1, 0.15) is 40.9 Å². The number of carbonyl (C=O) groups is 3. The summed E-state index contributed by atoms with van der Waals surface area (Å²) in [4.78, 5) is 42.1. The van der Waals surface area contributed by atoms with Gasteiger partial charge in [-0.3, -0.25) is 4.90 Å². The molecule has 2 amide bonds. The van der Waals surface area contributed by atoms with Crippen LogP contribution in [0.3, 0.4) is 0 Å². The van der Waals surface area contributed by atoms with Crippen molar-refractivity contribution in [1.82, 2.24) is 15.0 Å². The van der Waals surface area contributed by atoms with Gasteiger partial charge in [-0.2, -0.15) is 0 Å². The zero-order chi connectivity index (χ0) is 35.1. The predicted molar refractivity (Wildman–Crippen MR) is 170 cm³/mol. The predicted octanol–water partition coefficient (Wildman–Crippen LogP) is 7.32. The topological polar surface area (TPSA) is 132 Å². The van der Waals surface area contributed by atoms with E-state index < -0.39 is 58.1 Å². The molecule has 2 aliphatic rings. The Kier molecular flexibility index (Phi) is 9.46. The molecule has 0 aliphatic carbocycles. The van der Waals surface area contributed by atoms with Crippen LogP contribution in [0, 0.1) is 11.6 Å². The quantitative estimate of drug-likeness (QED) is 0.265. The molecule has 5 rings (SSSR count). The molecule has 0 spiro atoms. The third-order valence-corrected chi connectivity index (χ3v) is 7.95. The van der Waals surface area contributed by atoms with Crippen molar-refractivity contribution in [3.63, 3.8) is 0 Å². The number of aliphatic carboxylic acids is 1. The minimum atomic E-state index is -1.23. The van der Waals surface area contributed by atoms with E-state index >= 15 is 0 Å². The maximum atomic E-state index is 14.3. The highest BCUT2D eigenvalue weighted by atomic mass is 35.5. The van der Waals surface area contributed by atoms with Crippen LogP contribution in [0.15, 0.2) is 52.6 Å². The van der Waals surface area contributed by atoms with Gasteiger partial charge >= 0.3 is 18.2 Å². The number of benzene rings is 2.